The summed E-state index contributed by atoms with van der Waals surface area (Å²) in [7, 11) is 0. The number of nitrogens with zero attached hydrogens (tertiary/aromatic N) is 1. The zero-order chi connectivity index (χ0) is 15.7. The minimum absolute atomic E-state index is 0. The number of likely N-dealkylation sites (tertiary alicyclic amines) is 1. The van der Waals surface area contributed by atoms with E-state index in [-0.39, 0.29) is 24.2 Å². The summed E-state index contributed by atoms with van der Waals surface area (Å²) < 4.78 is 5.75. The van der Waals surface area contributed by atoms with E-state index in [0.717, 1.165) is 50.2 Å². The number of nitrogens with two attached hydrogens (primary N) is 1. The first-order valence-corrected chi connectivity index (χ1v) is 8.33. The number of ether oxygens (including phenoxy) is 1. The second-order valence-corrected chi connectivity index (χ2v) is 6.68. The molecule has 1 atom stereocenters. The number of hydrogen-bond acceptors (Lipinski definition) is 3. The van der Waals surface area contributed by atoms with E-state index in [1.54, 1.807) is 0 Å². The zero-order valence-electron chi connectivity index (χ0n) is 14.0. The number of amides is 1. The molecule has 1 aromatic carbocycles. The molecular formula is C18H27ClN2O2. The summed E-state index contributed by atoms with van der Waals surface area (Å²) >= 11 is 0. The predicted molar refractivity (Wildman–Crippen MR) is 94.4 cm³/mol. The molecule has 23 heavy (non-hydrogen) atoms. The van der Waals surface area contributed by atoms with Crippen LogP contribution in [0.15, 0.2) is 12.1 Å². The van der Waals surface area contributed by atoms with Crippen molar-refractivity contribution in [1.29, 1.82) is 0 Å². The van der Waals surface area contributed by atoms with Crippen LogP contribution in [0.25, 0.3) is 0 Å². The van der Waals surface area contributed by atoms with Crippen LogP contribution in [0, 0.1) is 19.8 Å². The second-order valence-electron chi connectivity index (χ2n) is 6.68. The zero-order valence-corrected chi connectivity index (χ0v) is 14.8. The van der Waals surface area contributed by atoms with Gasteiger partial charge in [0, 0.05) is 18.7 Å². The Morgan fingerprint density at radius 1 is 1.26 bits per heavy atom. The molecule has 0 saturated carbocycles. The van der Waals surface area contributed by atoms with Crippen molar-refractivity contribution in [3.63, 3.8) is 0 Å². The van der Waals surface area contributed by atoms with Gasteiger partial charge in [-0.1, -0.05) is 6.07 Å². The maximum atomic E-state index is 12.8. The van der Waals surface area contributed by atoms with Gasteiger partial charge in [-0.05, 0) is 62.8 Å². The molecule has 128 valence electrons. The van der Waals surface area contributed by atoms with Crippen LogP contribution in [-0.2, 0) is 4.79 Å². The highest BCUT2D eigenvalue weighted by Crippen LogP contribution is 2.37. The molecule has 1 saturated heterocycles. The van der Waals surface area contributed by atoms with Gasteiger partial charge in [0.2, 0.25) is 5.91 Å². The lowest BCUT2D eigenvalue weighted by Gasteiger charge is -2.33. The first kappa shape index (κ1) is 18.1. The predicted octanol–water partition coefficient (Wildman–Crippen LogP) is 2.79. The summed E-state index contributed by atoms with van der Waals surface area (Å²) in [5.74, 6) is 1.68. The lowest BCUT2D eigenvalue weighted by atomic mass is 9.91. The van der Waals surface area contributed by atoms with Crippen LogP contribution in [0.4, 0.5) is 0 Å². The van der Waals surface area contributed by atoms with Gasteiger partial charge in [-0.15, -0.1) is 12.4 Å². The lowest BCUT2D eigenvalue weighted by Crippen LogP contribution is -2.41. The van der Waals surface area contributed by atoms with Crippen LogP contribution >= 0.6 is 12.4 Å². The van der Waals surface area contributed by atoms with Crippen molar-refractivity contribution in [2.24, 2.45) is 11.7 Å². The summed E-state index contributed by atoms with van der Waals surface area (Å²) in [5, 5.41) is 0. The molecule has 0 bridgehead atoms. The Hall–Kier alpha value is -1.26. The number of benzene rings is 1. The number of carbonyl (C=O) groups excluding carboxylic acids is 1. The topological polar surface area (TPSA) is 55.6 Å². The molecular weight excluding hydrogens is 312 g/mol. The normalized spacial score (nSPS) is 20.7. The van der Waals surface area contributed by atoms with Crippen LogP contribution in [0.2, 0.25) is 0 Å². The number of halogens is 1. The third-order valence-electron chi connectivity index (χ3n) is 5.21. The molecule has 0 aromatic heterocycles. The van der Waals surface area contributed by atoms with Gasteiger partial charge >= 0.3 is 0 Å². The van der Waals surface area contributed by atoms with Gasteiger partial charge < -0.3 is 15.4 Å². The molecule has 1 fully saturated rings. The first-order valence-electron chi connectivity index (χ1n) is 8.33. The number of carbonyl (C=O) groups is 1. The van der Waals surface area contributed by atoms with Crippen molar-refractivity contribution >= 4 is 18.3 Å². The number of hydrogen-bond donors (Lipinski definition) is 1. The highest BCUT2D eigenvalue weighted by Gasteiger charge is 2.35. The Balaban J connectivity index is 0.00000192. The number of fused-ring (bicyclic) bond motifs is 1. The highest BCUT2D eigenvalue weighted by molar-refractivity contribution is 5.86. The average Bonchev–Trinajstić information content (AvgIpc) is 2.91. The SMILES string of the molecule is Cc1cc2c(cc1C)C(C(=O)N1CCC(CCN)CC1)CO2.Cl. The first-order chi connectivity index (χ1) is 10.6. The molecule has 1 aromatic rings. The lowest BCUT2D eigenvalue weighted by molar-refractivity contribution is -0.134. The van der Waals surface area contributed by atoms with E-state index in [1.165, 1.54) is 11.1 Å². The Kier molecular flexibility index (Phi) is 5.93. The minimum atomic E-state index is -0.125. The largest absolute Gasteiger partial charge is 0.492 e. The van der Waals surface area contributed by atoms with Crippen molar-refractivity contribution in [2.75, 3.05) is 26.2 Å². The van der Waals surface area contributed by atoms with Gasteiger partial charge in [-0.3, -0.25) is 4.79 Å². The summed E-state index contributed by atoms with van der Waals surface area (Å²) in [6.07, 6.45) is 3.24. The molecule has 2 aliphatic heterocycles. The third kappa shape index (κ3) is 3.64. The minimum Gasteiger partial charge on any atom is -0.492 e. The highest BCUT2D eigenvalue weighted by atomic mass is 35.5. The molecule has 4 nitrogen and oxygen atoms in total. The van der Waals surface area contributed by atoms with Crippen molar-refractivity contribution in [3.05, 3.63) is 28.8 Å². The van der Waals surface area contributed by atoms with Gasteiger partial charge in [0.15, 0.2) is 0 Å². The van der Waals surface area contributed by atoms with E-state index in [4.69, 9.17) is 10.5 Å². The Morgan fingerprint density at radius 2 is 1.91 bits per heavy atom. The molecule has 0 radical (unpaired) electrons. The van der Waals surface area contributed by atoms with Crippen LogP contribution in [0.5, 0.6) is 5.75 Å². The fourth-order valence-electron chi connectivity index (χ4n) is 3.57. The molecule has 2 heterocycles. The average molecular weight is 339 g/mol. The molecule has 1 amide bonds. The van der Waals surface area contributed by atoms with Crippen molar-refractivity contribution < 1.29 is 9.53 Å². The Labute approximate surface area is 144 Å². The van der Waals surface area contributed by atoms with Gasteiger partial charge in [-0.25, -0.2) is 0 Å². The summed E-state index contributed by atoms with van der Waals surface area (Å²) in [6.45, 7) is 7.13. The Morgan fingerprint density at radius 3 is 2.57 bits per heavy atom. The fraction of sp³-hybridized carbons (Fsp3) is 0.611. The summed E-state index contributed by atoms with van der Waals surface area (Å²) in [4.78, 5) is 14.9. The maximum Gasteiger partial charge on any atom is 0.233 e. The van der Waals surface area contributed by atoms with Gasteiger partial charge in [0.1, 0.15) is 18.3 Å². The van der Waals surface area contributed by atoms with Crippen molar-refractivity contribution in [3.8, 4) is 5.75 Å². The van der Waals surface area contributed by atoms with Crippen LogP contribution < -0.4 is 10.5 Å². The molecule has 2 aliphatic rings. The van der Waals surface area contributed by atoms with E-state index in [9.17, 15) is 4.79 Å². The second kappa shape index (κ2) is 7.54. The number of piperidine rings is 1. The summed E-state index contributed by atoms with van der Waals surface area (Å²) in [6, 6.07) is 4.19. The Bertz CT molecular complexity index is 568. The van der Waals surface area contributed by atoms with E-state index in [2.05, 4.69) is 26.0 Å². The fourth-order valence-corrected chi connectivity index (χ4v) is 3.57. The van der Waals surface area contributed by atoms with Crippen molar-refractivity contribution in [1.82, 2.24) is 4.90 Å². The van der Waals surface area contributed by atoms with Gasteiger partial charge in [0.25, 0.3) is 0 Å². The molecule has 5 heteroatoms. The van der Waals surface area contributed by atoms with E-state index < -0.39 is 0 Å². The monoisotopic (exact) mass is 338 g/mol. The van der Waals surface area contributed by atoms with Gasteiger partial charge in [0.05, 0.1) is 0 Å². The molecule has 1 unspecified atom stereocenters. The van der Waals surface area contributed by atoms with Crippen LogP contribution in [0.1, 0.15) is 41.9 Å². The molecule has 0 aliphatic carbocycles. The molecule has 3 rings (SSSR count). The summed E-state index contributed by atoms with van der Waals surface area (Å²) in [5.41, 5.74) is 9.15. The van der Waals surface area contributed by atoms with Crippen LogP contribution in [0.3, 0.4) is 0 Å². The maximum absolute atomic E-state index is 12.8. The number of aryl methyl sites for hydroxylation is 2. The standard InChI is InChI=1S/C18H26N2O2.ClH/c1-12-9-15-16(11-22-17(15)10-13(12)2)18(21)20-7-4-14(3-6-19)5-8-20;/h9-10,14,16H,3-8,11,19H2,1-2H3;1H. The van der Waals surface area contributed by atoms with Gasteiger partial charge in [-0.2, -0.15) is 0 Å². The van der Waals surface area contributed by atoms with E-state index in [1.807, 2.05) is 4.90 Å². The smallest absolute Gasteiger partial charge is 0.233 e. The van der Waals surface area contributed by atoms with Crippen molar-refractivity contribution in [2.45, 2.75) is 39.0 Å². The third-order valence-corrected chi connectivity index (χ3v) is 5.21. The van der Waals surface area contributed by atoms with E-state index in [0.29, 0.717) is 12.5 Å². The molecule has 2 N–H and O–H groups in total. The quantitative estimate of drug-likeness (QED) is 0.922. The molecule has 0 spiro atoms. The number of rotatable bonds is 3. The van der Waals surface area contributed by atoms with Crippen LogP contribution in [-0.4, -0.2) is 37.0 Å². The van der Waals surface area contributed by atoms with E-state index >= 15 is 0 Å².